The molecule has 0 aliphatic carbocycles. The number of anilines is 1. The Hall–Kier alpha value is -2.53. The van der Waals surface area contributed by atoms with Gasteiger partial charge in [0.25, 0.3) is 5.91 Å². The van der Waals surface area contributed by atoms with Gasteiger partial charge in [-0.3, -0.25) is 4.79 Å². The minimum atomic E-state index is -0.687. The van der Waals surface area contributed by atoms with Gasteiger partial charge in [-0.15, -0.1) is 0 Å². The van der Waals surface area contributed by atoms with Crippen LogP contribution in [0.25, 0.3) is 0 Å². The van der Waals surface area contributed by atoms with Gasteiger partial charge in [0.05, 0.1) is 5.71 Å². The molecule has 1 aliphatic rings. The van der Waals surface area contributed by atoms with E-state index < -0.39 is 6.10 Å². The number of phenolic OH excluding ortho intramolecular Hbond substituents is 1. The molecule has 1 amide bonds. The molecule has 0 bridgehead atoms. The summed E-state index contributed by atoms with van der Waals surface area (Å²) in [5.41, 5.74) is 2.08. The Morgan fingerprint density at radius 2 is 2.05 bits per heavy atom. The van der Waals surface area contributed by atoms with E-state index in [1.54, 1.807) is 24.3 Å². The second-order valence-electron chi connectivity index (χ2n) is 4.88. The number of nitrogens with zero attached hydrogens (tertiary/aromatic N) is 1. The Labute approximate surface area is 132 Å². The molecule has 2 N–H and O–H groups in total. The van der Waals surface area contributed by atoms with Crippen molar-refractivity contribution < 1.29 is 14.7 Å². The largest absolute Gasteiger partial charge is 0.508 e. The number of carbonyl (C=O) groups excluding carboxylic acids is 1. The lowest BCUT2D eigenvalue weighted by Gasteiger charge is -2.09. The van der Waals surface area contributed by atoms with E-state index in [0.29, 0.717) is 22.8 Å². The summed E-state index contributed by atoms with van der Waals surface area (Å²) in [5.74, 6) is -0.221. The highest BCUT2D eigenvalue weighted by Gasteiger charge is 2.28. The topological polar surface area (TPSA) is 70.9 Å². The van der Waals surface area contributed by atoms with Crippen molar-refractivity contribution in [1.82, 2.24) is 0 Å². The Morgan fingerprint density at radius 3 is 2.77 bits per heavy atom. The Kier molecular flexibility index (Phi) is 3.98. The van der Waals surface area contributed by atoms with Crippen LogP contribution in [0.3, 0.4) is 0 Å². The van der Waals surface area contributed by atoms with E-state index in [-0.39, 0.29) is 11.7 Å². The highest BCUT2D eigenvalue weighted by atomic mass is 35.5. The summed E-state index contributed by atoms with van der Waals surface area (Å²) in [6.07, 6.45) is -0.306. The first kappa shape index (κ1) is 14.4. The highest BCUT2D eigenvalue weighted by molar-refractivity contribution is 6.30. The summed E-state index contributed by atoms with van der Waals surface area (Å²) in [7, 11) is 0. The second-order valence-corrected chi connectivity index (χ2v) is 5.32. The van der Waals surface area contributed by atoms with Crippen LogP contribution in [0, 0.1) is 0 Å². The van der Waals surface area contributed by atoms with Gasteiger partial charge in [-0.05, 0) is 29.8 Å². The van der Waals surface area contributed by atoms with Gasteiger partial charge in [-0.1, -0.05) is 35.0 Å². The zero-order valence-corrected chi connectivity index (χ0v) is 12.2. The van der Waals surface area contributed by atoms with Crippen LogP contribution in [0.2, 0.25) is 5.02 Å². The van der Waals surface area contributed by atoms with E-state index in [9.17, 15) is 9.90 Å². The van der Waals surface area contributed by atoms with Crippen LogP contribution in [-0.2, 0) is 9.63 Å². The molecule has 22 heavy (non-hydrogen) atoms. The van der Waals surface area contributed by atoms with Gasteiger partial charge in [0, 0.05) is 23.2 Å². The highest BCUT2D eigenvalue weighted by Crippen LogP contribution is 2.21. The molecule has 6 heteroatoms. The van der Waals surface area contributed by atoms with Crippen LogP contribution in [-0.4, -0.2) is 22.8 Å². The number of hydrogen-bond donors (Lipinski definition) is 2. The molecule has 5 nitrogen and oxygen atoms in total. The van der Waals surface area contributed by atoms with Gasteiger partial charge in [0.15, 0.2) is 0 Å². The SMILES string of the molecule is O=C(Nc1cccc(O)c1)[C@H]1CC(c2ccc(Cl)cc2)=NO1. The number of rotatable bonds is 3. The summed E-state index contributed by atoms with van der Waals surface area (Å²) in [6.45, 7) is 0. The van der Waals surface area contributed by atoms with Crippen molar-refractivity contribution in [3.63, 3.8) is 0 Å². The third-order valence-electron chi connectivity index (χ3n) is 3.25. The van der Waals surface area contributed by atoms with Crippen molar-refractivity contribution in [2.45, 2.75) is 12.5 Å². The predicted molar refractivity (Wildman–Crippen MR) is 84.2 cm³/mol. The van der Waals surface area contributed by atoms with Crippen LogP contribution in [0.4, 0.5) is 5.69 Å². The van der Waals surface area contributed by atoms with Crippen LogP contribution in [0.15, 0.2) is 53.7 Å². The van der Waals surface area contributed by atoms with E-state index >= 15 is 0 Å². The monoisotopic (exact) mass is 316 g/mol. The minimum absolute atomic E-state index is 0.0863. The fourth-order valence-corrected chi connectivity index (χ4v) is 2.26. The lowest BCUT2D eigenvalue weighted by atomic mass is 10.0. The van der Waals surface area contributed by atoms with E-state index in [1.807, 2.05) is 12.1 Å². The number of amides is 1. The van der Waals surface area contributed by atoms with Gasteiger partial charge < -0.3 is 15.3 Å². The number of carbonyl (C=O) groups is 1. The maximum absolute atomic E-state index is 12.1. The average molecular weight is 317 g/mol. The summed E-state index contributed by atoms with van der Waals surface area (Å²) in [5, 5.41) is 16.7. The average Bonchev–Trinajstić information content (AvgIpc) is 2.98. The van der Waals surface area contributed by atoms with Crippen LogP contribution in [0.1, 0.15) is 12.0 Å². The minimum Gasteiger partial charge on any atom is -0.508 e. The molecule has 3 rings (SSSR count). The molecule has 0 spiro atoms. The summed E-state index contributed by atoms with van der Waals surface area (Å²) in [4.78, 5) is 17.3. The first-order valence-electron chi connectivity index (χ1n) is 6.70. The van der Waals surface area contributed by atoms with Crippen LogP contribution < -0.4 is 5.32 Å². The lowest BCUT2D eigenvalue weighted by molar-refractivity contribution is -0.125. The van der Waals surface area contributed by atoms with Gasteiger partial charge >= 0.3 is 0 Å². The fourth-order valence-electron chi connectivity index (χ4n) is 2.14. The van der Waals surface area contributed by atoms with Gasteiger partial charge in [0.1, 0.15) is 5.75 Å². The maximum atomic E-state index is 12.1. The van der Waals surface area contributed by atoms with Crippen molar-refractivity contribution in [2.75, 3.05) is 5.32 Å². The van der Waals surface area contributed by atoms with Crippen LogP contribution >= 0.6 is 11.6 Å². The second kappa shape index (κ2) is 6.07. The van der Waals surface area contributed by atoms with Crippen molar-refractivity contribution in [2.24, 2.45) is 5.16 Å². The maximum Gasteiger partial charge on any atom is 0.268 e. The van der Waals surface area contributed by atoms with Crippen LogP contribution in [0.5, 0.6) is 5.75 Å². The summed E-state index contributed by atoms with van der Waals surface area (Å²) in [6, 6.07) is 13.5. The zero-order valence-electron chi connectivity index (χ0n) is 11.5. The molecule has 2 aromatic rings. The van der Waals surface area contributed by atoms with E-state index in [1.165, 1.54) is 12.1 Å². The Morgan fingerprint density at radius 1 is 1.27 bits per heavy atom. The van der Waals surface area contributed by atoms with Gasteiger partial charge in [0.2, 0.25) is 6.10 Å². The van der Waals surface area contributed by atoms with E-state index in [0.717, 1.165) is 5.56 Å². The molecule has 1 heterocycles. The quantitative estimate of drug-likeness (QED) is 0.913. The molecule has 0 radical (unpaired) electrons. The molecule has 0 saturated heterocycles. The predicted octanol–water partition coefficient (Wildman–Crippen LogP) is 3.18. The Bertz CT molecular complexity index is 728. The molecule has 0 unspecified atom stereocenters. The van der Waals surface area contributed by atoms with Gasteiger partial charge in [-0.2, -0.15) is 0 Å². The number of oxime groups is 1. The molecule has 0 aromatic heterocycles. The standard InChI is InChI=1S/C16H13ClN2O3/c17-11-6-4-10(5-7-11)14-9-15(22-19-14)16(21)18-12-2-1-3-13(20)8-12/h1-8,15,20H,9H2,(H,18,21)/t15-/m1/s1. The molecule has 1 atom stereocenters. The Balaban J connectivity index is 1.64. The summed E-state index contributed by atoms with van der Waals surface area (Å²) < 4.78 is 0. The lowest BCUT2D eigenvalue weighted by Crippen LogP contribution is -2.28. The molecule has 0 fully saturated rings. The number of phenols is 1. The fraction of sp³-hybridized carbons (Fsp3) is 0.125. The number of nitrogens with one attached hydrogen (secondary N) is 1. The van der Waals surface area contributed by atoms with E-state index in [4.69, 9.17) is 16.4 Å². The first-order chi connectivity index (χ1) is 10.6. The van der Waals surface area contributed by atoms with E-state index in [2.05, 4.69) is 10.5 Å². The molecule has 0 saturated carbocycles. The molecule has 1 aliphatic heterocycles. The first-order valence-corrected chi connectivity index (χ1v) is 7.08. The third kappa shape index (κ3) is 3.20. The summed E-state index contributed by atoms with van der Waals surface area (Å²) >= 11 is 5.84. The number of halogens is 1. The number of aromatic hydroxyl groups is 1. The van der Waals surface area contributed by atoms with Crippen molar-refractivity contribution in [1.29, 1.82) is 0 Å². The van der Waals surface area contributed by atoms with Crippen molar-refractivity contribution >= 4 is 28.9 Å². The third-order valence-corrected chi connectivity index (χ3v) is 3.50. The smallest absolute Gasteiger partial charge is 0.268 e. The van der Waals surface area contributed by atoms with Crippen molar-refractivity contribution in [3.05, 3.63) is 59.1 Å². The normalized spacial score (nSPS) is 16.8. The van der Waals surface area contributed by atoms with Gasteiger partial charge in [-0.25, -0.2) is 0 Å². The number of hydrogen-bond acceptors (Lipinski definition) is 4. The molecule has 2 aromatic carbocycles. The zero-order chi connectivity index (χ0) is 15.5. The molecular weight excluding hydrogens is 304 g/mol. The molecular formula is C16H13ClN2O3. The molecule has 112 valence electrons. The van der Waals surface area contributed by atoms with Crippen molar-refractivity contribution in [3.8, 4) is 5.75 Å². The number of benzene rings is 2.